The lowest BCUT2D eigenvalue weighted by Gasteiger charge is -2.25. The van der Waals surface area contributed by atoms with Gasteiger partial charge in [-0.1, -0.05) is 18.6 Å². The minimum absolute atomic E-state index is 0.0234. The molecular weight excluding hydrogens is 462 g/mol. The molecule has 11 N–H and O–H groups in total. The van der Waals surface area contributed by atoms with Crippen molar-refractivity contribution >= 4 is 23.7 Å². The molecule has 3 amide bonds. The molecule has 0 saturated heterocycles. The Bertz CT molecular complexity index is 849. The van der Waals surface area contributed by atoms with E-state index >= 15 is 0 Å². The van der Waals surface area contributed by atoms with Crippen molar-refractivity contribution in [3.05, 3.63) is 29.8 Å². The minimum atomic E-state index is -1.64. The molecule has 0 bridgehead atoms. The van der Waals surface area contributed by atoms with E-state index in [1.807, 2.05) is 0 Å². The number of carbonyl (C=O) groups is 4. The average Bonchev–Trinajstić information content (AvgIpc) is 2.80. The van der Waals surface area contributed by atoms with Gasteiger partial charge in [-0.2, -0.15) is 0 Å². The minimum Gasteiger partial charge on any atom is -0.508 e. The van der Waals surface area contributed by atoms with Crippen LogP contribution in [-0.2, 0) is 25.6 Å². The largest absolute Gasteiger partial charge is 0.508 e. The molecule has 196 valence electrons. The van der Waals surface area contributed by atoms with Gasteiger partial charge in [0, 0.05) is 6.42 Å². The van der Waals surface area contributed by atoms with Crippen molar-refractivity contribution < 1.29 is 39.6 Å². The van der Waals surface area contributed by atoms with Gasteiger partial charge in [0.25, 0.3) is 0 Å². The predicted octanol–water partition coefficient (Wildman–Crippen LogP) is -2.70. The summed E-state index contributed by atoms with van der Waals surface area (Å²) in [6, 6.07) is 0.397. The number of rotatable bonds is 15. The number of hydrogen-bond donors (Lipinski definition) is 9. The van der Waals surface area contributed by atoms with Crippen LogP contribution in [0.1, 0.15) is 31.7 Å². The number of carbonyl (C=O) groups excluding carboxylic acids is 3. The Hall–Kier alpha value is -3.26. The van der Waals surface area contributed by atoms with Crippen LogP contribution in [0.25, 0.3) is 0 Å². The summed E-state index contributed by atoms with van der Waals surface area (Å²) in [6.07, 6.45) is 0.0539. The van der Waals surface area contributed by atoms with Gasteiger partial charge in [-0.25, -0.2) is 4.79 Å². The number of aliphatic hydroxyl groups is 2. The van der Waals surface area contributed by atoms with Crippen molar-refractivity contribution in [1.82, 2.24) is 16.0 Å². The number of aromatic hydroxyl groups is 1. The number of aliphatic carboxylic acids is 1. The van der Waals surface area contributed by atoms with Gasteiger partial charge >= 0.3 is 5.97 Å². The first-order valence-corrected chi connectivity index (χ1v) is 11.2. The molecule has 5 unspecified atom stereocenters. The first-order chi connectivity index (χ1) is 16.5. The topological polar surface area (TPSA) is 237 Å². The van der Waals surface area contributed by atoms with E-state index in [-0.39, 0.29) is 12.2 Å². The quantitative estimate of drug-likeness (QED) is 0.114. The number of nitrogens with one attached hydrogen (secondary N) is 3. The second-order valence-corrected chi connectivity index (χ2v) is 8.13. The summed E-state index contributed by atoms with van der Waals surface area (Å²) >= 11 is 0. The van der Waals surface area contributed by atoms with Gasteiger partial charge in [0.1, 0.15) is 17.8 Å². The van der Waals surface area contributed by atoms with E-state index in [1.165, 1.54) is 31.2 Å². The predicted molar refractivity (Wildman–Crippen MR) is 125 cm³/mol. The van der Waals surface area contributed by atoms with Crippen LogP contribution >= 0.6 is 0 Å². The fourth-order valence-electron chi connectivity index (χ4n) is 3.10. The molecule has 13 heteroatoms. The molecule has 0 aromatic heterocycles. The van der Waals surface area contributed by atoms with Crippen LogP contribution in [0.2, 0.25) is 0 Å². The molecule has 0 spiro atoms. The van der Waals surface area contributed by atoms with Gasteiger partial charge in [-0.3, -0.25) is 14.4 Å². The molecule has 0 aliphatic carbocycles. The highest BCUT2D eigenvalue weighted by Gasteiger charge is 2.31. The molecule has 0 radical (unpaired) electrons. The number of benzene rings is 1. The molecule has 1 aromatic rings. The maximum atomic E-state index is 12.8. The SMILES string of the molecule is CC(O)C(NC(=O)C(Cc1ccc(O)cc1)NC(=O)C(CO)NC(=O)C(N)CCCCN)C(=O)O. The van der Waals surface area contributed by atoms with Gasteiger partial charge in [0.2, 0.25) is 17.7 Å². The van der Waals surface area contributed by atoms with E-state index < -0.39 is 60.6 Å². The van der Waals surface area contributed by atoms with E-state index in [0.717, 1.165) is 0 Å². The normalized spacial score (nSPS) is 15.2. The molecule has 1 rings (SSSR count). The molecule has 0 heterocycles. The molecule has 1 aromatic carbocycles. The van der Waals surface area contributed by atoms with Crippen molar-refractivity contribution in [1.29, 1.82) is 0 Å². The lowest BCUT2D eigenvalue weighted by atomic mass is 10.0. The van der Waals surface area contributed by atoms with Crippen molar-refractivity contribution in [2.75, 3.05) is 13.2 Å². The van der Waals surface area contributed by atoms with Crippen LogP contribution < -0.4 is 27.4 Å². The molecule has 0 saturated carbocycles. The first-order valence-electron chi connectivity index (χ1n) is 11.2. The molecule has 0 aliphatic heterocycles. The number of hydrogen-bond acceptors (Lipinski definition) is 9. The highest BCUT2D eigenvalue weighted by molar-refractivity contribution is 5.94. The van der Waals surface area contributed by atoms with Crippen LogP contribution in [0.5, 0.6) is 5.75 Å². The molecule has 0 fully saturated rings. The average molecular weight is 498 g/mol. The van der Waals surface area contributed by atoms with E-state index in [0.29, 0.717) is 31.4 Å². The fourth-order valence-corrected chi connectivity index (χ4v) is 3.10. The lowest BCUT2D eigenvalue weighted by molar-refractivity contribution is -0.145. The molecular formula is C22H35N5O8. The maximum absolute atomic E-state index is 12.8. The van der Waals surface area contributed by atoms with E-state index in [2.05, 4.69) is 16.0 Å². The molecule has 35 heavy (non-hydrogen) atoms. The van der Waals surface area contributed by atoms with E-state index in [9.17, 15) is 39.6 Å². The summed E-state index contributed by atoms with van der Waals surface area (Å²) in [6.45, 7) is 0.838. The summed E-state index contributed by atoms with van der Waals surface area (Å²) in [5.41, 5.74) is 11.7. The molecule has 5 atom stereocenters. The Balaban J connectivity index is 2.99. The van der Waals surface area contributed by atoms with Crippen LogP contribution in [0.4, 0.5) is 0 Å². The van der Waals surface area contributed by atoms with Crippen LogP contribution in [0.3, 0.4) is 0 Å². The number of aliphatic hydroxyl groups excluding tert-OH is 2. The third-order valence-corrected chi connectivity index (χ3v) is 5.18. The molecule has 13 nitrogen and oxygen atoms in total. The number of carboxylic acids is 1. The lowest BCUT2D eigenvalue weighted by Crippen LogP contribution is -2.59. The highest BCUT2D eigenvalue weighted by atomic mass is 16.4. The summed E-state index contributed by atoms with van der Waals surface area (Å²) < 4.78 is 0. The maximum Gasteiger partial charge on any atom is 0.328 e. The number of amides is 3. The summed E-state index contributed by atoms with van der Waals surface area (Å²) in [4.78, 5) is 49.3. The number of nitrogens with two attached hydrogens (primary N) is 2. The second-order valence-electron chi connectivity index (χ2n) is 8.13. The third-order valence-electron chi connectivity index (χ3n) is 5.18. The van der Waals surface area contributed by atoms with Crippen molar-refractivity contribution in [2.24, 2.45) is 11.5 Å². The summed E-state index contributed by atoms with van der Waals surface area (Å²) in [5, 5.41) is 44.9. The highest BCUT2D eigenvalue weighted by Crippen LogP contribution is 2.12. The van der Waals surface area contributed by atoms with Gasteiger partial charge in [-0.05, 0) is 44.0 Å². The van der Waals surface area contributed by atoms with Crippen molar-refractivity contribution in [3.8, 4) is 5.75 Å². The smallest absolute Gasteiger partial charge is 0.328 e. The van der Waals surface area contributed by atoms with Gasteiger partial charge in [-0.15, -0.1) is 0 Å². The summed E-state index contributed by atoms with van der Waals surface area (Å²) in [7, 11) is 0. The Labute approximate surface area is 202 Å². The zero-order valence-corrected chi connectivity index (χ0v) is 19.5. The standard InChI is InChI=1S/C22H35N5O8/c1-12(29)18(22(34)35)27-20(32)16(10-13-5-7-14(30)8-6-13)25-21(33)17(11-28)26-19(31)15(24)4-2-3-9-23/h5-8,12,15-18,28-30H,2-4,9-11,23-24H2,1H3,(H,25,33)(H,26,31)(H,27,32)(H,34,35). The Morgan fingerprint density at radius 2 is 1.51 bits per heavy atom. The van der Waals surface area contributed by atoms with Gasteiger partial charge in [0.15, 0.2) is 6.04 Å². The van der Waals surface area contributed by atoms with Crippen molar-refractivity contribution in [3.63, 3.8) is 0 Å². The van der Waals surface area contributed by atoms with Crippen LogP contribution in [-0.4, -0.2) is 87.5 Å². The fraction of sp³-hybridized carbons (Fsp3) is 0.545. The van der Waals surface area contributed by atoms with Gasteiger partial charge < -0.3 is 47.8 Å². The third kappa shape index (κ3) is 10.3. The number of phenolic OH excluding ortho intramolecular Hbond substituents is 1. The molecule has 0 aliphatic rings. The van der Waals surface area contributed by atoms with E-state index in [4.69, 9.17) is 11.5 Å². The zero-order valence-electron chi connectivity index (χ0n) is 19.5. The van der Waals surface area contributed by atoms with Crippen LogP contribution in [0, 0.1) is 0 Å². The van der Waals surface area contributed by atoms with Crippen molar-refractivity contribution in [2.45, 2.75) is 62.9 Å². The number of carboxylic acid groups (broad SMARTS) is 1. The Morgan fingerprint density at radius 3 is 2.03 bits per heavy atom. The van der Waals surface area contributed by atoms with Gasteiger partial charge in [0.05, 0.1) is 18.8 Å². The Kier molecular flexibility index (Phi) is 12.7. The van der Waals surface area contributed by atoms with E-state index in [1.54, 1.807) is 0 Å². The monoisotopic (exact) mass is 497 g/mol. The Morgan fingerprint density at radius 1 is 0.943 bits per heavy atom. The first kappa shape index (κ1) is 29.8. The second kappa shape index (κ2) is 14.9. The number of phenols is 1. The number of unbranched alkanes of at least 4 members (excludes halogenated alkanes) is 1. The zero-order chi connectivity index (χ0) is 26.5. The van der Waals surface area contributed by atoms with Crippen LogP contribution in [0.15, 0.2) is 24.3 Å². The summed E-state index contributed by atoms with van der Waals surface area (Å²) in [5.74, 6) is -3.99.